The smallest absolute Gasteiger partial charge is 0.165 e. The van der Waals surface area contributed by atoms with Crippen molar-refractivity contribution in [1.29, 1.82) is 0 Å². The third-order valence-electron chi connectivity index (χ3n) is 5.15. The maximum absolute atomic E-state index is 13.7. The number of carbonyl (C=O) groups excluding carboxylic acids is 1. The third kappa shape index (κ3) is 5.73. The van der Waals surface area contributed by atoms with Crippen molar-refractivity contribution in [3.05, 3.63) is 95.3 Å². The van der Waals surface area contributed by atoms with Crippen LogP contribution in [0.3, 0.4) is 0 Å². The minimum absolute atomic E-state index is 0.0437. The summed E-state index contributed by atoms with van der Waals surface area (Å²) in [6.45, 7) is 6.46. The van der Waals surface area contributed by atoms with Gasteiger partial charge in [-0.25, -0.2) is 4.39 Å². The minimum atomic E-state index is -0.305. The molecule has 0 saturated heterocycles. The summed E-state index contributed by atoms with van der Waals surface area (Å²) in [6.07, 6.45) is 2.31. The summed E-state index contributed by atoms with van der Waals surface area (Å²) < 4.78 is 13.7. The first-order chi connectivity index (χ1) is 14.3. The molecular weight excluding hydrogens is 393 g/mol. The normalized spacial score (nSPS) is 12.4. The number of ketones is 1. The minimum Gasteiger partial charge on any atom is -0.378 e. The third-order valence-corrected chi connectivity index (χ3v) is 5.89. The molecule has 0 spiro atoms. The first-order valence-corrected chi connectivity index (χ1v) is 11.3. The van der Waals surface area contributed by atoms with Crippen molar-refractivity contribution < 1.29 is 9.18 Å². The molecule has 0 heterocycles. The molecule has 3 rings (SSSR count). The van der Waals surface area contributed by atoms with Gasteiger partial charge in [0.05, 0.1) is 6.04 Å². The van der Waals surface area contributed by atoms with Gasteiger partial charge in [0, 0.05) is 22.6 Å². The van der Waals surface area contributed by atoms with Gasteiger partial charge in [0.15, 0.2) is 5.78 Å². The van der Waals surface area contributed by atoms with Gasteiger partial charge in [-0.1, -0.05) is 63.2 Å². The molecule has 1 atom stereocenters. The quantitative estimate of drug-likeness (QED) is 0.321. The van der Waals surface area contributed by atoms with Gasteiger partial charge in [0.25, 0.3) is 0 Å². The highest BCUT2D eigenvalue weighted by Crippen LogP contribution is 2.28. The van der Waals surface area contributed by atoms with Crippen LogP contribution in [0.2, 0.25) is 0 Å². The van der Waals surface area contributed by atoms with Crippen LogP contribution < -0.4 is 5.32 Å². The second kappa shape index (κ2) is 9.48. The van der Waals surface area contributed by atoms with Crippen molar-refractivity contribution in [2.24, 2.45) is 0 Å². The number of anilines is 1. The molecule has 0 bridgehead atoms. The van der Waals surface area contributed by atoms with E-state index in [0.29, 0.717) is 11.3 Å². The van der Waals surface area contributed by atoms with Crippen LogP contribution in [0, 0.1) is 5.82 Å². The van der Waals surface area contributed by atoms with Crippen molar-refractivity contribution in [3.8, 4) is 0 Å². The number of nitrogens with one attached hydrogen (secondary N) is 1. The van der Waals surface area contributed by atoms with Crippen LogP contribution in [0.15, 0.2) is 77.7 Å². The molecule has 3 aromatic carbocycles. The van der Waals surface area contributed by atoms with Crippen molar-refractivity contribution in [2.45, 2.75) is 43.5 Å². The Morgan fingerprint density at radius 2 is 1.67 bits per heavy atom. The molecule has 0 amide bonds. The van der Waals surface area contributed by atoms with E-state index in [2.05, 4.69) is 26.1 Å². The molecule has 2 nitrogen and oxygen atoms in total. The Morgan fingerprint density at radius 3 is 2.23 bits per heavy atom. The molecule has 1 N–H and O–H groups in total. The number of benzene rings is 3. The Hall–Kier alpha value is -2.59. The summed E-state index contributed by atoms with van der Waals surface area (Å²) in [5.41, 5.74) is 3.58. The molecule has 0 saturated carbocycles. The van der Waals surface area contributed by atoms with Crippen LogP contribution in [0.25, 0.3) is 0 Å². The molecule has 3 aromatic rings. The van der Waals surface area contributed by atoms with E-state index in [-0.39, 0.29) is 29.5 Å². The molecule has 0 aliphatic rings. The van der Waals surface area contributed by atoms with Crippen LogP contribution in [-0.2, 0) is 5.41 Å². The fourth-order valence-electron chi connectivity index (χ4n) is 3.33. The van der Waals surface area contributed by atoms with Gasteiger partial charge >= 0.3 is 0 Å². The highest BCUT2D eigenvalue weighted by atomic mass is 32.2. The van der Waals surface area contributed by atoms with Crippen LogP contribution in [0.5, 0.6) is 0 Å². The number of Topliss-reactive ketones (excluding diaryl/α,β-unsaturated/α-hetero) is 1. The zero-order valence-corrected chi connectivity index (χ0v) is 18.7. The first kappa shape index (κ1) is 22.1. The van der Waals surface area contributed by atoms with E-state index < -0.39 is 0 Å². The van der Waals surface area contributed by atoms with E-state index in [0.717, 1.165) is 10.5 Å². The molecule has 0 aliphatic heterocycles. The summed E-state index contributed by atoms with van der Waals surface area (Å²) in [5, 5.41) is 3.34. The van der Waals surface area contributed by atoms with Crippen molar-refractivity contribution in [3.63, 3.8) is 0 Å². The lowest BCUT2D eigenvalue weighted by molar-refractivity contribution is 0.0976. The molecule has 156 valence electrons. The lowest BCUT2D eigenvalue weighted by Gasteiger charge is -2.21. The van der Waals surface area contributed by atoms with E-state index in [9.17, 15) is 9.18 Å². The molecular formula is C26H28FNOS. The number of hydrogen-bond donors (Lipinski definition) is 1. The molecule has 1 unspecified atom stereocenters. The van der Waals surface area contributed by atoms with Crippen LogP contribution in [0.4, 0.5) is 10.1 Å². The summed E-state index contributed by atoms with van der Waals surface area (Å²) in [7, 11) is 0. The van der Waals surface area contributed by atoms with Crippen LogP contribution in [-0.4, -0.2) is 12.0 Å². The van der Waals surface area contributed by atoms with Gasteiger partial charge in [-0.15, -0.1) is 11.8 Å². The molecule has 0 aromatic heterocycles. The average Bonchev–Trinajstić information content (AvgIpc) is 2.73. The Kier molecular flexibility index (Phi) is 6.99. The van der Waals surface area contributed by atoms with Crippen molar-refractivity contribution in [2.75, 3.05) is 11.6 Å². The molecule has 0 aliphatic carbocycles. The van der Waals surface area contributed by atoms with Gasteiger partial charge in [0.2, 0.25) is 0 Å². The first-order valence-electron chi connectivity index (χ1n) is 10.1. The van der Waals surface area contributed by atoms with E-state index in [1.807, 2.05) is 60.9 Å². The fraction of sp³-hybridized carbons (Fsp3) is 0.269. The number of hydrogen-bond acceptors (Lipinski definition) is 3. The molecule has 30 heavy (non-hydrogen) atoms. The molecule has 0 fully saturated rings. The maximum Gasteiger partial charge on any atom is 0.165 e. The second-order valence-corrected chi connectivity index (χ2v) is 9.31. The van der Waals surface area contributed by atoms with Crippen molar-refractivity contribution in [1.82, 2.24) is 0 Å². The summed E-state index contributed by atoms with van der Waals surface area (Å²) in [5.74, 6) is -0.251. The van der Waals surface area contributed by atoms with E-state index in [4.69, 9.17) is 0 Å². The second-order valence-electron chi connectivity index (χ2n) is 8.44. The van der Waals surface area contributed by atoms with Gasteiger partial charge in [-0.05, 0) is 53.1 Å². The summed E-state index contributed by atoms with van der Waals surface area (Å²) >= 11 is 1.67. The van der Waals surface area contributed by atoms with Crippen LogP contribution >= 0.6 is 11.8 Å². The van der Waals surface area contributed by atoms with E-state index in [1.54, 1.807) is 17.8 Å². The van der Waals surface area contributed by atoms with Crippen LogP contribution in [0.1, 0.15) is 54.7 Å². The Labute approximate surface area is 182 Å². The molecule has 4 heteroatoms. The van der Waals surface area contributed by atoms with Gasteiger partial charge in [-0.3, -0.25) is 4.79 Å². The highest BCUT2D eigenvalue weighted by Gasteiger charge is 2.19. The largest absolute Gasteiger partial charge is 0.378 e. The van der Waals surface area contributed by atoms with Crippen molar-refractivity contribution >= 4 is 23.2 Å². The molecule has 0 radical (unpaired) electrons. The Bertz CT molecular complexity index is 991. The Balaban J connectivity index is 1.84. The topological polar surface area (TPSA) is 29.1 Å². The Morgan fingerprint density at radius 1 is 1.00 bits per heavy atom. The maximum atomic E-state index is 13.7. The fourth-order valence-corrected chi connectivity index (χ4v) is 3.74. The van der Waals surface area contributed by atoms with E-state index in [1.165, 1.54) is 17.7 Å². The van der Waals surface area contributed by atoms with Gasteiger partial charge < -0.3 is 5.32 Å². The monoisotopic (exact) mass is 421 g/mol. The predicted octanol–water partition coefficient (Wildman–Crippen LogP) is 7.27. The summed E-state index contributed by atoms with van der Waals surface area (Å²) in [4.78, 5) is 14.2. The number of halogens is 1. The van der Waals surface area contributed by atoms with E-state index >= 15 is 0 Å². The number of thioether (sulfide) groups is 1. The average molecular weight is 422 g/mol. The lowest BCUT2D eigenvalue weighted by atomic mass is 9.86. The summed E-state index contributed by atoms with van der Waals surface area (Å²) in [6, 6.07) is 22.1. The zero-order chi connectivity index (χ0) is 21.7. The zero-order valence-electron chi connectivity index (χ0n) is 17.9. The standard InChI is InChI=1S/C26H28FNOS/c1-26(2,3)20-12-8-19(9-13-20)25(29)17-24(18-10-14-23(30-4)15-11-18)28-22-7-5-6-21(27)16-22/h5-16,24,28H,17H2,1-4H3. The lowest BCUT2D eigenvalue weighted by Crippen LogP contribution is -2.16. The number of carbonyl (C=O) groups is 1. The van der Waals surface area contributed by atoms with Gasteiger partial charge in [0.1, 0.15) is 5.82 Å². The SMILES string of the molecule is CSc1ccc(C(CC(=O)c2ccc(C(C)(C)C)cc2)Nc2cccc(F)c2)cc1. The predicted molar refractivity (Wildman–Crippen MR) is 125 cm³/mol. The highest BCUT2D eigenvalue weighted by molar-refractivity contribution is 7.98. The number of rotatable bonds is 7. The van der Waals surface area contributed by atoms with Gasteiger partial charge in [-0.2, -0.15) is 0 Å².